The minimum Gasteiger partial charge on any atom is -0.359 e. The third-order valence-electron chi connectivity index (χ3n) is 9.00. The molecule has 4 aliphatic rings. The van der Waals surface area contributed by atoms with Crippen LogP contribution in [0.5, 0.6) is 0 Å². The van der Waals surface area contributed by atoms with Gasteiger partial charge in [0.15, 0.2) is 0 Å². The number of carbonyl (C=O) groups excluding carboxylic acids is 3. The molecule has 0 aromatic heterocycles. The van der Waals surface area contributed by atoms with Crippen LogP contribution in [0.15, 0.2) is 36.4 Å². The molecule has 8 nitrogen and oxygen atoms in total. The molecule has 0 unspecified atom stereocenters. The number of benzene rings is 1. The van der Waals surface area contributed by atoms with Crippen LogP contribution in [0.4, 0.5) is 5.69 Å². The molecule has 8 heteroatoms. The van der Waals surface area contributed by atoms with Crippen molar-refractivity contribution in [3.63, 3.8) is 0 Å². The molecule has 1 spiro atoms. The summed E-state index contributed by atoms with van der Waals surface area (Å²) in [7, 11) is 3.89. The maximum atomic E-state index is 14.0. The van der Waals surface area contributed by atoms with E-state index >= 15 is 0 Å². The van der Waals surface area contributed by atoms with Gasteiger partial charge in [-0.2, -0.15) is 0 Å². The first-order valence-electron chi connectivity index (χ1n) is 14.2. The summed E-state index contributed by atoms with van der Waals surface area (Å²) in [5.74, 6) is -1.22. The van der Waals surface area contributed by atoms with Crippen LogP contribution in [0.3, 0.4) is 0 Å². The SMILES string of the molecule is CC(C)c1ccc(NC(=O)[C@@H]2[C@@H]3C=C[C@]4(O3)[C@@H]2C(=O)N(CCN(C)C)[C@H]4C(=O)N[C@@H]2CCCC[C@@H]2C)cc1. The summed E-state index contributed by atoms with van der Waals surface area (Å²) in [6.45, 7) is 7.45. The minimum absolute atomic E-state index is 0.0907. The Balaban J connectivity index is 1.41. The summed E-state index contributed by atoms with van der Waals surface area (Å²) < 4.78 is 6.45. The molecule has 0 radical (unpaired) electrons. The van der Waals surface area contributed by atoms with Gasteiger partial charge in [-0.1, -0.05) is 57.9 Å². The molecule has 1 aliphatic carbocycles. The number of nitrogens with zero attached hydrogens (tertiary/aromatic N) is 2. The lowest BCUT2D eigenvalue weighted by atomic mass is 9.74. The summed E-state index contributed by atoms with van der Waals surface area (Å²) in [5.41, 5.74) is 0.756. The number of carbonyl (C=O) groups is 3. The Labute approximate surface area is 226 Å². The zero-order valence-corrected chi connectivity index (χ0v) is 23.3. The number of hydrogen-bond donors (Lipinski definition) is 2. The van der Waals surface area contributed by atoms with Crippen LogP contribution in [0, 0.1) is 17.8 Å². The second-order valence-corrected chi connectivity index (χ2v) is 12.2. The summed E-state index contributed by atoms with van der Waals surface area (Å²) in [6.07, 6.45) is 7.53. The number of ether oxygens (including phenoxy) is 1. The van der Waals surface area contributed by atoms with Crippen LogP contribution in [0.25, 0.3) is 0 Å². The highest BCUT2D eigenvalue weighted by Gasteiger charge is 2.72. The lowest BCUT2D eigenvalue weighted by Gasteiger charge is -2.36. The molecule has 3 heterocycles. The predicted octanol–water partition coefficient (Wildman–Crippen LogP) is 3.16. The quantitative estimate of drug-likeness (QED) is 0.512. The molecule has 3 amide bonds. The Morgan fingerprint density at radius 3 is 2.50 bits per heavy atom. The molecule has 2 N–H and O–H groups in total. The molecule has 7 atom stereocenters. The Hall–Kier alpha value is -2.71. The zero-order valence-electron chi connectivity index (χ0n) is 23.3. The molecule has 1 aromatic carbocycles. The van der Waals surface area contributed by atoms with Crippen LogP contribution in [0.2, 0.25) is 0 Å². The second-order valence-electron chi connectivity index (χ2n) is 12.2. The van der Waals surface area contributed by atoms with Gasteiger partial charge < -0.3 is 25.2 Å². The van der Waals surface area contributed by atoms with E-state index in [0.29, 0.717) is 30.6 Å². The van der Waals surface area contributed by atoms with E-state index in [2.05, 4.69) is 31.4 Å². The number of likely N-dealkylation sites (N-methyl/N-ethyl adjacent to an activating group) is 1. The molecule has 3 aliphatic heterocycles. The van der Waals surface area contributed by atoms with E-state index in [0.717, 1.165) is 19.3 Å². The first-order chi connectivity index (χ1) is 18.1. The molecule has 5 rings (SSSR count). The molecule has 3 fully saturated rings. The van der Waals surface area contributed by atoms with Gasteiger partial charge in [-0.15, -0.1) is 0 Å². The van der Waals surface area contributed by atoms with Crippen LogP contribution < -0.4 is 10.6 Å². The van der Waals surface area contributed by atoms with Crippen LogP contribution >= 0.6 is 0 Å². The first-order valence-corrected chi connectivity index (χ1v) is 14.2. The molecule has 38 heavy (non-hydrogen) atoms. The molecule has 2 saturated heterocycles. The number of amides is 3. The third kappa shape index (κ3) is 4.66. The van der Waals surface area contributed by atoms with Crippen molar-refractivity contribution in [1.82, 2.24) is 15.1 Å². The van der Waals surface area contributed by atoms with Crippen molar-refractivity contribution in [1.29, 1.82) is 0 Å². The van der Waals surface area contributed by atoms with Gasteiger partial charge in [0.2, 0.25) is 17.7 Å². The van der Waals surface area contributed by atoms with Crippen LogP contribution in [-0.2, 0) is 19.1 Å². The molecule has 1 saturated carbocycles. The van der Waals surface area contributed by atoms with Gasteiger partial charge in [-0.25, -0.2) is 0 Å². The average Bonchev–Trinajstić information content (AvgIpc) is 3.51. The predicted molar refractivity (Wildman–Crippen MR) is 147 cm³/mol. The monoisotopic (exact) mass is 522 g/mol. The van der Waals surface area contributed by atoms with Crippen molar-refractivity contribution in [2.45, 2.75) is 76.2 Å². The number of anilines is 1. The minimum atomic E-state index is -1.13. The Morgan fingerprint density at radius 1 is 1.13 bits per heavy atom. The summed E-state index contributed by atoms with van der Waals surface area (Å²) >= 11 is 0. The lowest BCUT2D eigenvalue weighted by molar-refractivity contribution is -0.141. The number of hydrogen-bond acceptors (Lipinski definition) is 5. The lowest BCUT2D eigenvalue weighted by Crippen LogP contribution is -2.58. The van der Waals surface area contributed by atoms with Crippen LogP contribution in [0.1, 0.15) is 57.9 Å². The summed E-state index contributed by atoms with van der Waals surface area (Å²) in [6, 6.07) is 7.11. The van der Waals surface area contributed by atoms with Crippen molar-refractivity contribution < 1.29 is 19.1 Å². The van der Waals surface area contributed by atoms with E-state index in [-0.39, 0.29) is 23.8 Å². The fourth-order valence-corrected chi connectivity index (χ4v) is 6.78. The fourth-order valence-electron chi connectivity index (χ4n) is 6.78. The fraction of sp³-hybridized carbons (Fsp3) is 0.633. The average molecular weight is 523 g/mol. The number of likely N-dealkylation sites (tertiary alicyclic amines) is 1. The van der Waals surface area contributed by atoms with E-state index in [1.165, 1.54) is 12.0 Å². The van der Waals surface area contributed by atoms with Gasteiger partial charge in [-0.3, -0.25) is 14.4 Å². The highest BCUT2D eigenvalue weighted by molar-refractivity contribution is 6.02. The largest absolute Gasteiger partial charge is 0.359 e. The molecular formula is C30H42N4O4. The van der Waals surface area contributed by atoms with Gasteiger partial charge in [0, 0.05) is 24.8 Å². The number of rotatable bonds is 8. The maximum Gasteiger partial charge on any atom is 0.246 e. The van der Waals surface area contributed by atoms with Crippen LogP contribution in [-0.4, -0.2) is 78.5 Å². The van der Waals surface area contributed by atoms with Crippen molar-refractivity contribution in [2.75, 3.05) is 32.5 Å². The van der Waals surface area contributed by atoms with Crippen molar-refractivity contribution in [2.24, 2.45) is 17.8 Å². The molecule has 206 valence electrons. The van der Waals surface area contributed by atoms with Gasteiger partial charge in [0.25, 0.3) is 0 Å². The Morgan fingerprint density at radius 2 is 1.84 bits per heavy atom. The maximum absolute atomic E-state index is 14.0. The van der Waals surface area contributed by atoms with Gasteiger partial charge in [0.1, 0.15) is 11.6 Å². The number of nitrogens with one attached hydrogen (secondary N) is 2. The van der Waals surface area contributed by atoms with Crippen molar-refractivity contribution >= 4 is 23.4 Å². The van der Waals surface area contributed by atoms with Gasteiger partial charge in [-0.05, 0) is 56.5 Å². The van der Waals surface area contributed by atoms with E-state index in [9.17, 15) is 14.4 Å². The van der Waals surface area contributed by atoms with Gasteiger partial charge >= 0.3 is 0 Å². The number of fused-ring (bicyclic) bond motifs is 1. The Kier molecular flexibility index (Phi) is 7.40. The third-order valence-corrected chi connectivity index (χ3v) is 9.00. The van der Waals surface area contributed by atoms with E-state index in [4.69, 9.17) is 4.74 Å². The topological polar surface area (TPSA) is 91.0 Å². The van der Waals surface area contributed by atoms with E-state index in [1.54, 1.807) is 4.90 Å². The summed E-state index contributed by atoms with van der Waals surface area (Å²) in [5, 5.41) is 6.29. The molecule has 2 bridgehead atoms. The normalized spacial score (nSPS) is 33.8. The second kappa shape index (κ2) is 10.5. The first kappa shape index (κ1) is 26.9. The molecular weight excluding hydrogens is 480 g/mol. The highest BCUT2D eigenvalue weighted by Crippen LogP contribution is 2.55. The highest BCUT2D eigenvalue weighted by atomic mass is 16.5. The summed E-state index contributed by atoms with van der Waals surface area (Å²) in [4.78, 5) is 45.2. The van der Waals surface area contributed by atoms with Gasteiger partial charge in [0.05, 0.1) is 17.9 Å². The van der Waals surface area contributed by atoms with E-state index in [1.807, 2.05) is 55.4 Å². The van der Waals surface area contributed by atoms with Crippen molar-refractivity contribution in [3.8, 4) is 0 Å². The van der Waals surface area contributed by atoms with E-state index < -0.39 is 29.6 Å². The molecule has 1 aromatic rings. The smallest absolute Gasteiger partial charge is 0.246 e. The Bertz CT molecular complexity index is 1100. The van der Waals surface area contributed by atoms with Crippen molar-refractivity contribution in [3.05, 3.63) is 42.0 Å². The standard InChI is InChI=1S/C30H42N4O4/c1-18(2)20-10-12-21(13-11-20)31-27(35)24-23-14-15-30(38-23)25(24)29(37)34(17-16-33(4)5)26(30)28(36)32-22-9-7-6-8-19(22)3/h10-15,18-19,22-26H,6-9,16-17H2,1-5H3,(H,31,35)(H,32,36)/t19-,22+,23-,24+,25-,26-,30-/m0/s1. The zero-order chi connectivity index (χ0) is 27.2.